The highest BCUT2D eigenvalue weighted by Gasteiger charge is 2.45. The number of methoxy groups -OCH3 is 1. The molecule has 0 radical (unpaired) electrons. The van der Waals surface area contributed by atoms with Crippen LogP contribution in [0.2, 0.25) is 5.02 Å². The van der Waals surface area contributed by atoms with Gasteiger partial charge in [-0.2, -0.15) is 13.2 Å². The highest BCUT2D eigenvalue weighted by molar-refractivity contribution is 6.30. The maximum absolute atomic E-state index is 14.0. The normalized spacial score (nSPS) is 12.8. The zero-order valence-corrected chi connectivity index (χ0v) is 28.8. The van der Waals surface area contributed by atoms with E-state index < -0.39 is 78.8 Å². The first kappa shape index (κ1) is 40.8. The minimum atomic E-state index is -5.25. The van der Waals surface area contributed by atoms with Crippen LogP contribution in [0.1, 0.15) is 41.4 Å². The van der Waals surface area contributed by atoms with Gasteiger partial charge >= 0.3 is 12.1 Å². The van der Waals surface area contributed by atoms with E-state index in [4.69, 9.17) is 26.2 Å². The third-order valence-corrected chi connectivity index (χ3v) is 7.61. The Bertz CT molecular complexity index is 1770. The lowest BCUT2D eigenvalue weighted by Crippen LogP contribution is -2.55. The molecular weight excluding hydrogens is 713 g/mol. The van der Waals surface area contributed by atoms with Gasteiger partial charge in [0, 0.05) is 17.0 Å². The first-order valence-electron chi connectivity index (χ1n) is 15.6. The van der Waals surface area contributed by atoms with Crippen molar-refractivity contribution in [2.45, 2.75) is 44.6 Å². The molecule has 0 aromatic heterocycles. The number of carbonyl (C=O) groups excluding carboxylic acids is 5. The van der Waals surface area contributed by atoms with Crippen LogP contribution < -0.4 is 30.7 Å². The van der Waals surface area contributed by atoms with Gasteiger partial charge in [-0.25, -0.2) is 0 Å². The van der Waals surface area contributed by atoms with Crippen LogP contribution in [0.25, 0.3) is 0 Å². The molecule has 13 nitrogen and oxygen atoms in total. The first-order chi connectivity index (χ1) is 24.5. The van der Waals surface area contributed by atoms with E-state index in [0.717, 1.165) is 0 Å². The Hall–Kier alpha value is -5.64. The van der Waals surface area contributed by atoms with Gasteiger partial charge in [0.15, 0.2) is 6.61 Å². The van der Waals surface area contributed by atoms with Crippen LogP contribution in [-0.4, -0.2) is 79.0 Å². The highest BCUT2D eigenvalue weighted by atomic mass is 35.5. The van der Waals surface area contributed by atoms with E-state index in [1.54, 1.807) is 24.3 Å². The summed E-state index contributed by atoms with van der Waals surface area (Å²) in [6, 6.07) is 12.6. The fourth-order valence-corrected chi connectivity index (χ4v) is 4.95. The number of hydrogen-bond donors (Lipinski definition) is 5. The van der Waals surface area contributed by atoms with Crippen LogP contribution in [0.5, 0.6) is 11.5 Å². The third-order valence-electron chi connectivity index (χ3n) is 7.38. The van der Waals surface area contributed by atoms with Crippen molar-refractivity contribution in [1.29, 1.82) is 0 Å². The number of amides is 4. The molecule has 3 rings (SSSR count). The molecule has 4 amide bonds. The van der Waals surface area contributed by atoms with Gasteiger partial charge in [0.25, 0.3) is 17.6 Å². The molecule has 3 atom stereocenters. The number of hydrogen-bond acceptors (Lipinski definition) is 8. The lowest BCUT2D eigenvalue weighted by Gasteiger charge is -2.27. The van der Waals surface area contributed by atoms with E-state index in [0.29, 0.717) is 16.3 Å². The predicted molar refractivity (Wildman–Crippen MR) is 181 cm³/mol. The molecule has 0 saturated carbocycles. The maximum atomic E-state index is 14.0. The summed E-state index contributed by atoms with van der Waals surface area (Å²) < 4.78 is 50.7. The van der Waals surface area contributed by atoms with E-state index in [-0.39, 0.29) is 23.3 Å². The van der Waals surface area contributed by atoms with Crippen LogP contribution >= 0.6 is 11.6 Å². The zero-order chi connectivity index (χ0) is 38.6. The van der Waals surface area contributed by atoms with Crippen LogP contribution in [0.4, 0.5) is 13.2 Å². The van der Waals surface area contributed by atoms with E-state index in [1.165, 1.54) is 69.5 Å². The maximum Gasteiger partial charge on any atom is 0.452 e. The summed E-state index contributed by atoms with van der Waals surface area (Å²) in [4.78, 5) is 75.8. The molecule has 17 heteroatoms. The Morgan fingerprint density at radius 2 is 1.52 bits per heavy atom. The lowest BCUT2D eigenvalue weighted by atomic mass is 9.97. The second kappa shape index (κ2) is 18.6. The Morgan fingerprint density at radius 1 is 0.846 bits per heavy atom. The SMILES string of the molecule is COc1ccc(C(NC(=O)C(Cc2cccc(Cl)c2)NC(=O)c2cccc(OCC(=O)NCC(=O)O)c2)C(=O)NC(C(=O)C(F)(F)F)C(C)C)cc1. The fourth-order valence-electron chi connectivity index (χ4n) is 4.74. The molecule has 0 aliphatic rings. The molecule has 0 aliphatic heterocycles. The van der Waals surface area contributed by atoms with Gasteiger partial charge in [-0.1, -0.05) is 55.8 Å². The van der Waals surface area contributed by atoms with Crippen LogP contribution in [0.15, 0.2) is 72.8 Å². The fraction of sp³-hybridized carbons (Fsp3) is 0.314. The van der Waals surface area contributed by atoms with Crippen molar-refractivity contribution in [3.63, 3.8) is 0 Å². The molecule has 0 fully saturated rings. The third kappa shape index (κ3) is 12.3. The summed E-state index contributed by atoms with van der Waals surface area (Å²) in [5.41, 5.74) is 0.611. The molecule has 0 saturated heterocycles. The molecular formula is C35H36ClF3N4O9. The second-order valence-electron chi connectivity index (χ2n) is 11.7. The smallest absolute Gasteiger partial charge is 0.452 e. The summed E-state index contributed by atoms with van der Waals surface area (Å²) in [5.74, 6) is -7.52. The number of rotatable bonds is 17. The van der Waals surface area contributed by atoms with Crippen molar-refractivity contribution < 1.29 is 56.5 Å². The molecule has 0 aliphatic carbocycles. The Balaban J connectivity index is 1.92. The van der Waals surface area contributed by atoms with Gasteiger partial charge < -0.3 is 35.8 Å². The van der Waals surface area contributed by atoms with Gasteiger partial charge in [-0.15, -0.1) is 0 Å². The Kier molecular flexibility index (Phi) is 14.6. The monoisotopic (exact) mass is 748 g/mol. The molecule has 3 unspecified atom stereocenters. The van der Waals surface area contributed by atoms with E-state index in [1.807, 2.05) is 0 Å². The number of halogens is 4. The lowest BCUT2D eigenvalue weighted by molar-refractivity contribution is -0.175. The second-order valence-corrected chi connectivity index (χ2v) is 12.1. The molecule has 52 heavy (non-hydrogen) atoms. The first-order valence-corrected chi connectivity index (χ1v) is 16.0. The van der Waals surface area contributed by atoms with Crippen molar-refractivity contribution in [3.05, 3.63) is 94.5 Å². The molecule has 278 valence electrons. The number of benzene rings is 3. The summed E-state index contributed by atoms with van der Waals surface area (Å²) in [6.45, 7) is 1.46. The number of alkyl halides is 3. The van der Waals surface area contributed by atoms with Crippen molar-refractivity contribution in [1.82, 2.24) is 21.3 Å². The van der Waals surface area contributed by atoms with E-state index >= 15 is 0 Å². The minimum Gasteiger partial charge on any atom is -0.497 e. The van der Waals surface area contributed by atoms with Crippen LogP contribution in [0, 0.1) is 5.92 Å². The van der Waals surface area contributed by atoms with Gasteiger partial charge in [0.2, 0.25) is 11.8 Å². The van der Waals surface area contributed by atoms with Crippen molar-refractivity contribution >= 4 is 47.0 Å². The highest BCUT2D eigenvalue weighted by Crippen LogP contribution is 2.24. The standard InChI is InChI=1S/C35H36ClF3N4O9/c1-19(2)29(31(47)35(37,38)39)42-34(50)30(21-10-12-24(51-3)13-11-21)43-33(49)26(15-20-6-4-8-23(36)14-20)41-32(48)22-7-5-9-25(16-22)52-18-27(44)40-17-28(45)46/h4-14,16,19,26,29-30H,15,17-18H2,1-3H3,(H,40,44)(H,41,48)(H,42,50)(H,43,49)(H,45,46). The van der Waals surface area contributed by atoms with Gasteiger partial charge in [-0.05, 0) is 59.5 Å². The molecule has 3 aromatic carbocycles. The topological polar surface area (TPSA) is 189 Å². The number of Topliss-reactive ketones (excluding diaryl/α,β-unsaturated/α-hetero) is 1. The number of carbonyl (C=O) groups is 6. The van der Waals surface area contributed by atoms with E-state index in [9.17, 15) is 41.9 Å². The molecule has 5 N–H and O–H groups in total. The van der Waals surface area contributed by atoms with Crippen molar-refractivity contribution in [3.8, 4) is 11.5 Å². The largest absolute Gasteiger partial charge is 0.497 e. The van der Waals surface area contributed by atoms with Gasteiger partial charge in [0.1, 0.15) is 30.1 Å². The van der Waals surface area contributed by atoms with Gasteiger partial charge in [0.05, 0.1) is 13.2 Å². The summed E-state index contributed by atoms with van der Waals surface area (Å²) in [6.07, 6.45) is -5.40. The van der Waals surface area contributed by atoms with Crippen molar-refractivity contribution in [2.24, 2.45) is 5.92 Å². The average Bonchev–Trinajstić information content (AvgIpc) is 3.09. The number of ketones is 1. The minimum absolute atomic E-state index is 0.0118. The van der Waals surface area contributed by atoms with E-state index in [2.05, 4.69) is 21.3 Å². The summed E-state index contributed by atoms with van der Waals surface area (Å²) in [7, 11) is 1.39. The quantitative estimate of drug-likeness (QED) is 0.138. The summed E-state index contributed by atoms with van der Waals surface area (Å²) >= 11 is 6.15. The Morgan fingerprint density at radius 3 is 2.12 bits per heavy atom. The number of nitrogens with one attached hydrogen (secondary N) is 4. The number of aliphatic carboxylic acids is 1. The summed E-state index contributed by atoms with van der Waals surface area (Å²) in [5, 5.41) is 18.4. The van der Waals surface area contributed by atoms with Gasteiger partial charge in [-0.3, -0.25) is 28.8 Å². The number of carboxylic acids is 1. The van der Waals surface area contributed by atoms with Crippen molar-refractivity contribution in [2.75, 3.05) is 20.3 Å². The molecule has 3 aromatic rings. The molecule has 0 heterocycles. The van der Waals surface area contributed by atoms with Crippen LogP contribution in [0.3, 0.4) is 0 Å². The molecule has 0 spiro atoms. The average molecular weight is 749 g/mol. The van der Waals surface area contributed by atoms with Crippen LogP contribution in [-0.2, 0) is 30.4 Å². The number of ether oxygens (including phenoxy) is 2. The molecule has 0 bridgehead atoms. The zero-order valence-electron chi connectivity index (χ0n) is 28.1. The Labute approximate surface area is 301 Å². The predicted octanol–water partition coefficient (Wildman–Crippen LogP) is 3.40. The number of carboxylic acid groups (broad SMARTS) is 1.